The van der Waals surface area contributed by atoms with E-state index >= 15 is 0 Å². The van der Waals surface area contributed by atoms with E-state index in [1.54, 1.807) is 0 Å². The summed E-state index contributed by atoms with van der Waals surface area (Å²) in [5.74, 6) is -3.20. The molecule has 1 aliphatic rings. The number of aliphatic hydroxyl groups is 2. The first-order chi connectivity index (χ1) is 36.6. The maximum absolute atomic E-state index is 13.1. The van der Waals surface area contributed by atoms with E-state index in [2.05, 4.69) is 106 Å². The number of carbonyl (C=O) groups is 4. The number of rotatable bonds is 49. The Labute approximate surface area is 454 Å². The zero-order valence-electron chi connectivity index (χ0n) is 47.0. The van der Waals surface area contributed by atoms with Crippen molar-refractivity contribution in [3.05, 3.63) is 85.1 Å². The SMILES string of the molecule is CC/C=C\C/C=C\C/C=C\C/C=C\CCCCC(=O)OCC(COC1OC(C(=O)O)C(O)C(O)C1OC(=O)CCCCCCCCC/C=C\CCCCCCCC)OC(=O)CCCCCCC/C=C\C/C=C\CCC. The number of carboxylic acid groups (broad SMARTS) is 1. The van der Waals surface area contributed by atoms with Gasteiger partial charge in [0.25, 0.3) is 0 Å². The summed E-state index contributed by atoms with van der Waals surface area (Å²) in [4.78, 5) is 51.1. The molecule has 6 unspecified atom stereocenters. The van der Waals surface area contributed by atoms with Gasteiger partial charge in [0, 0.05) is 19.3 Å². The van der Waals surface area contributed by atoms with E-state index in [9.17, 15) is 34.5 Å². The summed E-state index contributed by atoms with van der Waals surface area (Å²) in [6.07, 6.45) is 52.7. The van der Waals surface area contributed by atoms with E-state index in [1.165, 1.54) is 51.4 Å². The van der Waals surface area contributed by atoms with Crippen molar-refractivity contribution in [2.45, 2.75) is 276 Å². The molecule has 75 heavy (non-hydrogen) atoms. The van der Waals surface area contributed by atoms with Gasteiger partial charge in [-0.05, 0) is 109 Å². The van der Waals surface area contributed by atoms with Crippen LogP contribution in [0.5, 0.6) is 0 Å². The summed E-state index contributed by atoms with van der Waals surface area (Å²) >= 11 is 0. The predicted octanol–water partition coefficient (Wildman–Crippen LogP) is 15.1. The van der Waals surface area contributed by atoms with Gasteiger partial charge < -0.3 is 39.0 Å². The summed E-state index contributed by atoms with van der Waals surface area (Å²) in [7, 11) is 0. The molecule has 0 aromatic carbocycles. The van der Waals surface area contributed by atoms with Gasteiger partial charge >= 0.3 is 23.9 Å². The van der Waals surface area contributed by atoms with Crippen LogP contribution in [0.3, 0.4) is 0 Å². The van der Waals surface area contributed by atoms with E-state index in [0.717, 1.165) is 128 Å². The Bertz CT molecular complexity index is 1630. The zero-order valence-corrected chi connectivity index (χ0v) is 47.0. The molecule has 1 rings (SSSR count). The summed E-state index contributed by atoms with van der Waals surface area (Å²) in [6.45, 7) is 5.76. The Kier molecular flexibility index (Phi) is 46.6. The van der Waals surface area contributed by atoms with Crippen molar-refractivity contribution in [1.29, 1.82) is 0 Å². The highest BCUT2D eigenvalue weighted by molar-refractivity contribution is 5.74. The number of ether oxygens (including phenoxy) is 5. The molecule has 0 aromatic heterocycles. The number of esters is 3. The molecule has 1 heterocycles. The summed E-state index contributed by atoms with van der Waals surface area (Å²) in [6, 6.07) is 0. The second-order valence-corrected chi connectivity index (χ2v) is 19.9. The highest BCUT2D eigenvalue weighted by atomic mass is 16.7. The van der Waals surface area contributed by atoms with Gasteiger partial charge in [0.2, 0.25) is 0 Å². The second-order valence-electron chi connectivity index (χ2n) is 19.9. The van der Waals surface area contributed by atoms with E-state index in [-0.39, 0.29) is 25.9 Å². The van der Waals surface area contributed by atoms with Crippen molar-refractivity contribution in [2.75, 3.05) is 13.2 Å². The first kappa shape index (κ1) is 68.9. The van der Waals surface area contributed by atoms with Gasteiger partial charge in [-0.2, -0.15) is 0 Å². The Morgan fingerprint density at radius 1 is 0.453 bits per heavy atom. The minimum Gasteiger partial charge on any atom is -0.479 e. The molecule has 1 fully saturated rings. The van der Waals surface area contributed by atoms with Gasteiger partial charge in [0.1, 0.15) is 18.8 Å². The van der Waals surface area contributed by atoms with Crippen molar-refractivity contribution in [1.82, 2.24) is 0 Å². The lowest BCUT2D eigenvalue weighted by atomic mass is 9.98. The Morgan fingerprint density at radius 3 is 1.37 bits per heavy atom. The van der Waals surface area contributed by atoms with Crippen molar-refractivity contribution in [2.24, 2.45) is 0 Å². The molecule has 0 spiro atoms. The molecule has 0 aromatic rings. The number of aliphatic carboxylic acids is 1. The van der Waals surface area contributed by atoms with Gasteiger partial charge in [0.05, 0.1) is 6.61 Å². The van der Waals surface area contributed by atoms with Crippen molar-refractivity contribution in [3.8, 4) is 0 Å². The standard InChI is InChI=1S/C63H104O12/c1-4-7-10-13-16-19-22-25-27-28-30-33-36-39-42-45-48-51-57(66)74-61-59(68)58(67)60(62(69)70)75-63(61)72-53-54(73-56(65)50-47-44-41-38-35-31-24-21-18-15-12-9-6-3)52-71-55(64)49-46-43-40-37-34-32-29-26-23-20-17-14-11-8-5-2/h8,11-12,15,17,20-21,24-27,29,34,37,54,58-61,63,67-68H,4-7,9-10,13-14,16,18-19,22-23,28,30-33,35-36,38-53H2,1-3H3,(H,69,70)/b11-8-,15-12-,20-17-,24-21-,27-25-,29-26-,37-34-. The lowest BCUT2D eigenvalue weighted by Gasteiger charge is -2.40. The van der Waals surface area contributed by atoms with E-state index in [0.29, 0.717) is 19.3 Å². The quantitative estimate of drug-likeness (QED) is 0.0228. The Morgan fingerprint density at radius 2 is 0.867 bits per heavy atom. The monoisotopic (exact) mass is 1050 g/mol. The predicted molar refractivity (Wildman–Crippen MR) is 303 cm³/mol. The lowest BCUT2D eigenvalue weighted by Crippen LogP contribution is -2.61. The summed E-state index contributed by atoms with van der Waals surface area (Å²) in [5, 5.41) is 31.5. The van der Waals surface area contributed by atoms with E-state index < -0.39 is 67.3 Å². The van der Waals surface area contributed by atoms with Crippen LogP contribution >= 0.6 is 0 Å². The van der Waals surface area contributed by atoms with Crippen LogP contribution < -0.4 is 0 Å². The molecular formula is C63H104O12. The van der Waals surface area contributed by atoms with Crippen LogP contribution in [-0.4, -0.2) is 89.2 Å². The molecule has 1 saturated heterocycles. The minimum absolute atomic E-state index is 0.0471. The zero-order chi connectivity index (χ0) is 54.7. The molecule has 1 aliphatic heterocycles. The molecule has 0 saturated carbocycles. The van der Waals surface area contributed by atoms with Crippen LogP contribution in [0.25, 0.3) is 0 Å². The normalized spacial score (nSPS) is 18.8. The van der Waals surface area contributed by atoms with Crippen LogP contribution in [0.15, 0.2) is 85.1 Å². The lowest BCUT2D eigenvalue weighted by molar-refractivity contribution is -0.301. The first-order valence-electron chi connectivity index (χ1n) is 29.6. The third kappa shape index (κ3) is 40.8. The van der Waals surface area contributed by atoms with E-state index in [4.69, 9.17) is 23.7 Å². The number of unbranched alkanes of at least 4 members (excludes halogenated alkanes) is 21. The smallest absolute Gasteiger partial charge is 0.335 e. The fourth-order valence-electron chi connectivity index (χ4n) is 8.39. The number of aliphatic hydroxyl groups excluding tert-OH is 2. The number of carboxylic acids is 1. The average molecular weight is 1050 g/mol. The van der Waals surface area contributed by atoms with Gasteiger partial charge in [-0.3, -0.25) is 14.4 Å². The molecule has 3 N–H and O–H groups in total. The molecule has 428 valence electrons. The molecule has 12 nitrogen and oxygen atoms in total. The Balaban J connectivity index is 2.72. The second kappa shape index (κ2) is 50.7. The fraction of sp³-hybridized carbons (Fsp3) is 0.714. The number of hydrogen-bond acceptors (Lipinski definition) is 11. The van der Waals surface area contributed by atoms with Crippen LogP contribution in [0.2, 0.25) is 0 Å². The first-order valence-corrected chi connectivity index (χ1v) is 29.6. The number of hydrogen-bond donors (Lipinski definition) is 3. The van der Waals surface area contributed by atoms with Crippen molar-refractivity contribution < 1.29 is 58.2 Å². The number of allylic oxidation sites excluding steroid dienone is 14. The molecule has 0 aliphatic carbocycles. The molecule has 6 atom stereocenters. The van der Waals surface area contributed by atoms with Crippen LogP contribution in [-0.2, 0) is 42.9 Å². The minimum atomic E-state index is -1.91. The maximum Gasteiger partial charge on any atom is 0.335 e. The Hall–Kier alpha value is -4.10. The van der Waals surface area contributed by atoms with Crippen molar-refractivity contribution >= 4 is 23.9 Å². The van der Waals surface area contributed by atoms with Crippen LogP contribution in [0.4, 0.5) is 0 Å². The van der Waals surface area contributed by atoms with Gasteiger partial charge in [-0.1, -0.05) is 196 Å². The molecular weight excluding hydrogens is 949 g/mol. The highest BCUT2D eigenvalue weighted by Gasteiger charge is 2.50. The van der Waals surface area contributed by atoms with Crippen molar-refractivity contribution in [3.63, 3.8) is 0 Å². The molecule has 0 amide bonds. The highest BCUT2D eigenvalue weighted by Crippen LogP contribution is 2.26. The fourth-order valence-corrected chi connectivity index (χ4v) is 8.39. The third-order valence-corrected chi connectivity index (χ3v) is 12.9. The summed E-state index contributed by atoms with van der Waals surface area (Å²) in [5.41, 5.74) is 0. The van der Waals surface area contributed by atoms with Gasteiger partial charge in [0.15, 0.2) is 24.6 Å². The number of carbonyl (C=O) groups excluding carboxylic acids is 3. The summed E-state index contributed by atoms with van der Waals surface area (Å²) < 4.78 is 28.4. The molecule has 12 heteroatoms. The third-order valence-electron chi connectivity index (χ3n) is 12.9. The van der Waals surface area contributed by atoms with Crippen LogP contribution in [0.1, 0.15) is 239 Å². The largest absolute Gasteiger partial charge is 0.479 e. The van der Waals surface area contributed by atoms with E-state index in [1.807, 2.05) is 0 Å². The average Bonchev–Trinajstić information content (AvgIpc) is 3.39. The van der Waals surface area contributed by atoms with Crippen LogP contribution in [0, 0.1) is 0 Å². The van der Waals surface area contributed by atoms with Gasteiger partial charge in [-0.25, -0.2) is 4.79 Å². The van der Waals surface area contributed by atoms with Gasteiger partial charge in [-0.15, -0.1) is 0 Å². The molecule has 0 radical (unpaired) electrons. The topological polar surface area (TPSA) is 175 Å². The molecule has 0 bridgehead atoms. The maximum atomic E-state index is 13.1.